The van der Waals surface area contributed by atoms with Crippen molar-refractivity contribution in [2.45, 2.75) is 6.54 Å². The SMILES string of the molecule is O=C(Nc1ccc(CN2CCOC2=O)cc1)c1cc(Cl)c[nH]1. The fraction of sp³-hybridized carbons (Fsp3) is 0.200. The average molecular weight is 320 g/mol. The highest BCUT2D eigenvalue weighted by Crippen LogP contribution is 2.16. The van der Waals surface area contributed by atoms with Crippen molar-refractivity contribution in [3.63, 3.8) is 0 Å². The number of ether oxygens (including phenoxy) is 1. The fourth-order valence-electron chi connectivity index (χ4n) is 2.18. The molecule has 1 saturated heterocycles. The number of amides is 2. The van der Waals surface area contributed by atoms with Crippen LogP contribution in [0.15, 0.2) is 36.5 Å². The van der Waals surface area contributed by atoms with Gasteiger partial charge in [-0.05, 0) is 23.8 Å². The Balaban J connectivity index is 1.61. The van der Waals surface area contributed by atoms with Crippen molar-refractivity contribution >= 4 is 29.3 Å². The second kappa shape index (κ2) is 6.11. The lowest BCUT2D eigenvalue weighted by Crippen LogP contribution is -2.23. The average Bonchev–Trinajstić information content (AvgIpc) is 3.10. The highest BCUT2D eigenvalue weighted by Gasteiger charge is 2.21. The van der Waals surface area contributed by atoms with Crippen LogP contribution in [0.5, 0.6) is 0 Å². The Morgan fingerprint density at radius 1 is 1.36 bits per heavy atom. The van der Waals surface area contributed by atoms with Crippen LogP contribution in [0.2, 0.25) is 5.02 Å². The van der Waals surface area contributed by atoms with Crippen LogP contribution in [0.25, 0.3) is 0 Å². The van der Waals surface area contributed by atoms with Gasteiger partial charge in [0.1, 0.15) is 12.3 Å². The molecule has 2 amide bonds. The minimum absolute atomic E-state index is 0.261. The molecule has 0 radical (unpaired) electrons. The quantitative estimate of drug-likeness (QED) is 0.910. The van der Waals surface area contributed by atoms with E-state index in [1.165, 1.54) is 0 Å². The number of hydrogen-bond acceptors (Lipinski definition) is 3. The molecular weight excluding hydrogens is 306 g/mol. The van der Waals surface area contributed by atoms with E-state index in [4.69, 9.17) is 16.3 Å². The summed E-state index contributed by atoms with van der Waals surface area (Å²) in [6.07, 6.45) is 1.26. The van der Waals surface area contributed by atoms with Crippen molar-refractivity contribution in [1.29, 1.82) is 0 Å². The van der Waals surface area contributed by atoms with E-state index in [2.05, 4.69) is 10.3 Å². The van der Waals surface area contributed by atoms with E-state index >= 15 is 0 Å². The molecule has 1 fully saturated rings. The summed E-state index contributed by atoms with van der Waals surface area (Å²) in [6, 6.07) is 8.87. The van der Waals surface area contributed by atoms with E-state index in [1.54, 1.807) is 29.3 Å². The van der Waals surface area contributed by atoms with Crippen LogP contribution in [0.1, 0.15) is 16.1 Å². The van der Waals surface area contributed by atoms with E-state index < -0.39 is 0 Å². The molecule has 0 unspecified atom stereocenters. The third-order valence-corrected chi connectivity index (χ3v) is 3.54. The number of benzene rings is 1. The molecule has 0 spiro atoms. The van der Waals surface area contributed by atoms with Crippen molar-refractivity contribution in [2.75, 3.05) is 18.5 Å². The molecule has 2 N–H and O–H groups in total. The highest BCUT2D eigenvalue weighted by atomic mass is 35.5. The van der Waals surface area contributed by atoms with Crippen LogP contribution >= 0.6 is 11.6 Å². The number of hydrogen-bond donors (Lipinski definition) is 2. The van der Waals surface area contributed by atoms with Gasteiger partial charge in [-0.1, -0.05) is 23.7 Å². The van der Waals surface area contributed by atoms with Gasteiger partial charge >= 0.3 is 6.09 Å². The van der Waals surface area contributed by atoms with E-state index in [-0.39, 0.29) is 12.0 Å². The number of carbonyl (C=O) groups excluding carboxylic acids is 2. The Kier molecular flexibility index (Phi) is 4.02. The third kappa shape index (κ3) is 3.23. The summed E-state index contributed by atoms with van der Waals surface area (Å²) in [5.41, 5.74) is 2.04. The van der Waals surface area contributed by atoms with E-state index in [0.29, 0.717) is 36.1 Å². The Bertz CT molecular complexity index is 696. The minimum Gasteiger partial charge on any atom is -0.448 e. The number of cyclic esters (lactones) is 1. The molecule has 7 heteroatoms. The molecule has 114 valence electrons. The fourth-order valence-corrected chi connectivity index (χ4v) is 2.34. The topological polar surface area (TPSA) is 74.4 Å². The molecule has 2 aromatic rings. The molecule has 1 aliphatic heterocycles. The molecule has 1 aliphatic rings. The zero-order valence-corrected chi connectivity index (χ0v) is 12.4. The summed E-state index contributed by atoms with van der Waals surface area (Å²) in [7, 11) is 0. The van der Waals surface area contributed by atoms with E-state index in [0.717, 1.165) is 5.56 Å². The van der Waals surface area contributed by atoms with Gasteiger partial charge < -0.3 is 19.9 Å². The van der Waals surface area contributed by atoms with Gasteiger partial charge in [-0.25, -0.2) is 4.79 Å². The van der Waals surface area contributed by atoms with Gasteiger partial charge in [-0.2, -0.15) is 0 Å². The summed E-state index contributed by atoms with van der Waals surface area (Å²) in [6.45, 7) is 1.54. The second-order valence-corrected chi connectivity index (χ2v) is 5.35. The van der Waals surface area contributed by atoms with Gasteiger partial charge in [0.05, 0.1) is 11.6 Å². The number of aromatic amines is 1. The predicted octanol–water partition coefficient (Wildman–Crippen LogP) is 2.87. The number of carbonyl (C=O) groups is 2. The first-order valence-corrected chi connectivity index (χ1v) is 7.15. The van der Waals surface area contributed by atoms with Crippen molar-refractivity contribution in [3.8, 4) is 0 Å². The first kappa shape index (κ1) is 14.5. The smallest absolute Gasteiger partial charge is 0.410 e. The second-order valence-electron chi connectivity index (χ2n) is 4.92. The third-order valence-electron chi connectivity index (χ3n) is 3.32. The molecule has 1 aromatic carbocycles. The molecule has 22 heavy (non-hydrogen) atoms. The van der Waals surface area contributed by atoms with E-state index in [1.807, 2.05) is 12.1 Å². The zero-order chi connectivity index (χ0) is 15.5. The lowest BCUT2D eigenvalue weighted by atomic mass is 10.2. The molecule has 6 nitrogen and oxygen atoms in total. The van der Waals surface area contributed by atoms with Gasteiger partial charge in [0.25, 0.3) is 5.91 Å². The van der Waals surface area contributed by atoms with Crippen LogP contribution in [-0.4, -0.2) is 35.0 Å². The minimum atomic E-state index is -0.291. The number of nitrogens with zero attached hydrogens (tertiary/aromatic N) is 1. The number of nitrogens with one attached hydrogen (secondary N) is 2. The summed E-state index contributed by atoms with van der Waals surface area (Å²) in [5.74, 6) is -0.261. The lowest BCUT2D eigenvalue weighted by Gasteiger charge is -2.12. The number of anilines is 1. The van der Waals surface area contributed by atoms with Gasteiger partial charge in [0.2, 0.25) is 0 Å². The molecular formula is C15H14ClN3O3. The molecule has 0 aliphatic carbocycles. The summed E-state index contributed by atoms with van der Waals surface area (Å²) >= 11 is 5.77. The molecule has 0 atom stereocenters. The lowest BCUT2D eigenvalue weighted by molar-refractivity contribution is 0.102. The Morgan fingerprint density at radius 2 is 2.14 bits per heavy atom. The summed E-state index contributed by atoms with van der Waals surface area (Å²) in [5, 5.41) is 3.25. The Morgan fingerprint density at radius 3 is 2.73 bits per heavy atom. The van der Waals surface area contributed by atoms with Crippen LogP contribution in [0, 0.1) is 0 Å². The van der Waals surface area contributed by atoms with Gasteiger partial charge in [-0.3, -0.25) is 4.79 Å². The molecule has 1 aromatic heterocycles. The molecule has 0 saturated carbocycles. The Labute approximate surface area is 132 Å². The first-order valence-electron chi connectivity index (χ1n) is 6.78. The molecule has 3 rings (SSSR count). The number of halogens is 1. The van der Waals surface area contributed by atoms with E-state index in [9.17, 15) is 9.59 Å². The standard InChI is InChI=1S/C15H14ClN3O3/c16-11-7-13(17-8-11)14(20)18-12-3-1-10(2-4-12)9-19-5-6-22-15(19)21/h1-4,7-8,17H,5-6,9H2,(H,18,20). The molecule has 0 bridgehead atoms. The number of rotatable bonds is 4. The van der Waals surface area contributed by atoms with Crippen LogP contribution < -0.4 is 5.32 Å². The zero-order valence-electron chi connectivity index (χ0n) is 11.6. The van der Waals surface area contributed by atoms with Crippen molar-refractivity contribution in [1.82, 2.24) is 9.88 Å². The van der Waals surface area contributed by atoms with Crippen LogP contribution in [0.4, 0.5) is 10.5 Å². The largest absolute Gasteiger partial charge is 0.448 e. The summed E-state index contributed by atoms with van der Waals surface area (Å²) < 4.78 is 4.88. The van der Waals surface area contributed by atoms with Crippen molar-refractivity contribution in [3.05, 3.63) is 52.8 Å². The van der Waals surface area contributed by atoms with Crippen molar-refractivity contribution < 1.29 is 14.3 Å². The normalized spacial score (nSPS) is 14.0. The maximum atomic E-state index is 12.0. The highest BCUT2D eigenvalue weighted by molar-refractivity contribution is 6.31. The number of aromatic nitrogens is 1. The van der Waals surface area contributed by atoms with Gasteiger partial charge in [0.15, 0.2) is 0 Å². The predicted molar refractivity (Wildman–Crippen MR) is 82.0 cm³/mol. The monoisotopic (exact) mass is 319 g/mol. The maximum Gasteiger partial charge on any atom is 0.410 e. The van der Waals surface area contributed by atoms with Gasteiger partial charge in [0, 0.05) is 18.4 Å². The van der Waals surface area contributed by atoms with Gasteiger partial charge in [-0.15, -0.1) is 0 Å². The van der Waals surface area contributed by atoms with Crippen LogP contribution in [0.3, 0.4) is 0 Å². The Hall–Kier alpha value is -2.47. The maximum absolute atomic E-state index is 12.0. The van der Waals surface area contributed by atoms with Crippen LogP contribution in [-0.2, 0) is 11.3 Å². The summed E-state index contributed by atoms with van der Waals surface area (Å²) in [4.78, 5) is 27.8. The number of H-pyrrole nitrogens is 1. The first-order chi connectivity index (χ1) is 10.6. The van der Waals surface area contributed by atoms with Crippen molar-refractivity contribution in [2.24, 2.45) is 0 Å². The molecule has 2 heterocycles.